The summed E-state index contributed by atoms with van der Waals surface area (Å²) in [4.78, 5) is 27.4. The van der Waals surface area contributed by atoms with Gasteiger partial charge < -0.3 is 20.7 Å². The Bertz CT molecular complexity index is 952. The first-order valence-corrected chi connectivity index (χ1v) is 11.2. The summed E-state index contributed by atoms with van der Waals surface area (Å²) >= 11 is 1.61. The molecule has 2 saturated heterocycles. The van der Waals surface area contributed by atoms with Crippen LogP contribution in [0.4, 0.5) is 0 Å². The molecule has 31 heavy (non-hydrogen) atoms. The smallest absolute Gasteiger partial charge is 0.249 e. The van der Waals surface area contributed by atoms with Gasteiger partial charge in [-0.15, -0.1) is 16.9 Å². The number of hydrogen-bond donors (Lipinski definition) is 3. The van der Waals surface area contributed by atoms with Crippen molar-refractivity contribution >= 4 is 23.6 Å². The SMILES string of the molecule is CCCCOc1cccc(C(N)C(=O)NC2C(=O)N3C(c4nnn[nH]4)C(C)(C)S[C@H]23)c1. The molecular formula is C20H27N7O3S. The molecule has 10 nitrogen and oxygen atoms in total. The number of hydrogen-bond acceptors (Lipinski definition) is 8. The lowest BCUT2D eigenvalue weighted by Gasteiger charge is -2.44. The lowest BCUT2D eigenvalue weighted by Crippen LogP contribution is -2.68. The van der Waals surface area contributed by atoms with Gasteiger partial charge in [-0.1, -0.05) is 25.5 Å². The quantitative estimate of drug-likeness (QED) is 0.408. The molecule has 2 aliphatic heterocycles. The first kappa shape index (κ1) is 21.6. The van der Waals surface area contributed by atoms with E-state index in [4.69, 9.17) is 10.5 Å². The zero-order valence-corrected chi connectivity index (χ0v) is 18.6. The number of H-pyrrole nitrogens is 1. The Labute approximate surface area is 184 Å². The van der Waals surface area contributed by atoms with Gasteiger partial charge in [-0.25, -0.2) is 5.10 Å². The van der Waals surface area contributed by atoms with Crippen molar-refractivity contribution in [3.63, 3.8) is 0 Å². The number of β-lactam (4-membered cyclic amide) rings is 1. The third-order valence-corrected chi connectivity index (χ3v) is 7.20. The fourth-order valence-electron chi connectivity index (χ4n) is 4.00. The molecule has 4 atom stereocenters. The minimum atomic E-state index is -0.898. The maximum absolute atomic E-state index is 12.9. The van der Waals surface area contributed by atoms with Crippen molar-refractivity contribution < 1.29 is 14.3 Å². The van der Waals surface area contributed by atoms with E-state index in [1.54, 1.807) is 28.8 Å². The highest BCUT2D eigenvalue weighted by Crippen LogP contribution is 2.56. The Balaban J connectivity index is 1.42. The van der Waals surface area contributed by atoms with Gasteiger partial charge in [-0.3, -0.25) is 9.59 Å². The molecule has 2 fully saturated rings. The van der Waals surface area contributed by atoms with Crippen molar-refractivity contribution in [3.05, 3.63) is 35.7 Å². The van der Waals surface area contributed by atoms with Crippen LogP contribution in [0.2, 0.25) is 0 Å². The molecule has 3 unspecified atom stereocenters. The minimum absolute atomic E-state index is 0.165. The van der Waals surface area contributed by atoms with Crippen LogP contribution in [0.15, 0.2) is 24.3 Å². The monoisotopic (exact) mass is 445 g/mol. The molecule has 4 N–H and O–H groups in total. The number of aromatic nitrogens is 4. The van der Waals surface area contributed by atoms with Crippen molar-refractivity contribution in [2.24, 2.45) is 5.73 Å². The number of fused-ring (bicyclic) bond motifs is 1. The average molecular weight is 446 g/mol. The number of thioether (sulfide) groups is 1. The van der Waals surface area contributed by atoms with Crippen molar-refractivity contribution in [2.45, 2.75) is 61.9 Å². The standard InChI is InChI=1S/C20H27N7O3S/c1-4-5-9-30-12-8-6-7-11(10-12)13(21)17(28)22-14-18(29)27-15(16-23-25-26-24-16)20(2,3)31-19(14)27/h6-8,10,13-15,19H,4-5,9,21H2,1-3H3,(H,22,28)(H,23,24,25,26)/t13?,14?,15?,19-/m1/s1. The van der Waals surface area contributed by atoms with Crippen LogP contribution in [0.1, 0.15) is 57.1 Å². The number of carbonyl (C=O) groups is 2. The Hall–Kier alpha value is -2.66. The number of nitrogens with one attached hydrogen (secondary N) is 2. The van der Waals surface area contributed by atoms with Crippen molar-refractivity contribution in [1.29, 1.82) is 0 Å². The first-order valence-electron chi connectivity index (χ1n) is 10.4. The fraction of sp³-hybridized carbons (Fsp3) is 0.550. The van der Waals surface area contributed by atoms with Crippen LogP contribution in [-0.2, 0) is 9.59 Å². The zero-order chi connectivity index (χ0) is 22.2. The highest BCUT2D eigenvalue weighted by molar-refractivity contribution is 8.01. The van der Waals surface area contributed by atoms with Gasteiger partial charge in [0.2, 0.25) is 11.8 Å². The van der Waals surface area contributed by atoms with E-state index in [-0.39, 0.29) is 22.1 Å². The van der Waals surface area contributed by atoms with Gasteiger partial charge >= 0.3 is 0 Å². The van der Waals surface area contributed by atoms with E-state index in [2.05, 4.69) is 32.9 Å². The summed E-state index contributed by atoms with van der Waals surface area (Å²) in [5.74, 6) is 0.653. The number of aromatic amines is 1. The molecular weight excluding hydrogens is 418 g/mol. The lowest BCUT2D eigenvalue weighted by molar-refractivity contribution is -0.152. The highest BCUT2D eigenvalue weighted by Gasteiger charge is 2.63. The maximum Gasteiger partial charge on any atom is 0.249 e. The van der Waals surface area contributed by atoms with Crippen LogP contribution in [0, 0.1) is 0 Å². The van der Waals surface area contributed by atoms with Crippen LogP contribution in [0.5, 0.6) is 5.75 Å². The summed E-state index contributed by atoms with van der Waals surface area (Å²) in [6.45, 7) is 6.78. The van der Waals surface area contributed by atoms with Gasteiger partial charge in [-0.2, -0.15) is 0 Å². The van der Waals surface area contributed by atoms with Crippen LogP contribution < -0.4 is 15.8 Å². The third-order valence-electron chi connectivity index (χ3n) is 5.63. The number of rotatable bonds is 8. The maximum atomic E-state index is 12.9. The number of benzene rings is 1. The number of unbranched alkanes of at least 4 members (excludes halogenated alkanes) is 1. The van der Waals surface area contributed by atoms with Gasteiger partial charge in [0, 0.05) is 4.75 Å². The number of carbonyl (C=O) groups excluding carboxylic acids is 2. The van der Waals surface area contributed by atoms with Crippen LogP contribution in [-0.4, -0.2) is 60.1 Å². The number of amides is 2. The summed E-state index contributed by atoms with van der Waals surface area (Å²) in [6, 6.07) is 5.39. The zero-order valence-electron chi connectivity index (χ0n) is 17.7. The minimum Gasteiger partial charge on any atom is -0.494 e. The van der Waals surface area contributed by atoms with Crippen molar-refractivity contribution in [2.75, 3.05) is 6.61 Å². The van der Waals surface area contributed by atoms with E-state index in [0.717, 1.165) is 12.8 Å². The van der Waals surface area contributed by atoms with E-state index in [9.17, 15) is 9.59 Å². The summed E-state index contributed by atoms with van der Waals surface area (Å²) in [6.07, 6.45) is 2.00. The van der Waals surface area contributed by atoms with Gasteiger partial charge in [0.25, 0.3) is 0 Å². The predicted octanol–water partition coefficient (Wildman–Crippen LogP) is 1.30. The Morgan fingerprint density at radius 2 is 2.26 bits per heavy atom. The topological polar surface area (TPSA) is 139 Å². The summed E-state index contributed by atoms with van der Waals surface area (Å²) < 4.78 is 5.39. The van der Waals surface area contributed by atoms with Crippen molar-refractivity contribution in [3.8, 4) is 5.75 Å². The van der Waals surface area contributed by atoms with Crippen LogP contribution >= 0.6 is 11.8 Å². The van der Waals surface area contributed by atoms with Crippen molar-refractivity contribution in [1.82, 2.24) is 30.8 Å². The molecule has 0 aliphatic carbocycles. The molecule has 3 heterocycles. The Kier molecular flexibility index (Phi) is 5.89. The lowest BCUT2D eigenvalue weighted by atomic mass is 9.95. The molecule has 0 saturated carbocycles. The van der Waals surface area contributed by atoms with Gasteiger partial charge in [0.05, 0.1) is 6.61 Å². The van der Waals surface area contributed by atoms with Gasteiger partial charge in [0.1, 0.15) is 29.2 Å². The second kappa shape index (κ2) is 8.46. The molecule has 4 rings (SSSR count). The molecule has 0 bridgehead atoms. The Morgan fingerprint density at radius 3 is 2.97 bits per heavy atom. The van der Waals surface area contributed by atoms with Crippen LogP contribution in [0.3, 0.4) is 0 Å². The van der Waals surface area contributed by atoms with Gasteiger partial charge in [0.15, 0.2) is 5.82 Å². The largest absolute Gasteiger partial charge is 0.494 e. The van der Waals surface area contributed by atoms with E-state index >= 15 is 0 Å². The molecule has 11 heteroatoms. The molecule has 1 aromatic heterocycles. The number of ether oxygens (including phenoxy) is 1. The average Bonchev–Trinajstić information content (AvgIpc) is 3.36. The van der Waals surface area contributed by atoms with Gasteiger partial charge in [-0.05, 0) is 48.4 Å². The molecule has 2 aliphatic rings. The fourth-order valence-corrected chi connectivity index (χ4v) is 5.64. The van der Waals surface area contributed by atoms with E-state index in [1.807, 2.05) is 26.0 Å². The second-order valence-corrected chi connectivity index (χ2v) is 10.1. The number of tetrazole rings is 1. The molecule has 2 aromatic rings. The number of nitrogens with two attached hydrogens (primary N) is 1. The van der Waals surface area contributed by atoms with E-state index < -0.39 is 18.0 Å². The normalized spacial score (nSPS) is 25.0. The van der Waals surface area contributed by atoms with Crippen LogP contribution in [0.25, 0.3) is 0 Å². The molecule has 1 aromatic carbocycles. The summed E-state index contributed by atoms with van der Waals surface area (Å²) in [5, 5.41) is 16.7. The molecule has 166 valence electrons. The molecule has 0 radical (unpaired) electrons. The van der Waals surface area contributed by atoms with E-state index in [1.165, 1.54) is 0 Å². The predicted molar refractivity (Wildman–Crippen MR) is 115 cm³/mol. The third kappa shape index (κ3) is 3.99. The molecule has 2 amide bonds. The Morgan fingerprint density at radius 1 is 1.45 bits per heavy atom. The highest BCUT2D eigenvalue weighted by atomic mass is 32.2. The first-order chi connectivity index (χ1) is 14.8. The number of nitrogens with zero attached hydrogens (tertiary/aromatic N) is 4. The summed E-state index contributed by atoms with van der Waals surface area (Å²) in [5.41, 5.74) is 6.84. The molecule has 0 spiro atoms. The second-order valence-electron chi connectivity index (χ2n) is 8.28. The van der Waals surface area contributed by atoms with E-state index in [0.29, 0.717) is 23.7 Å². The summed E-state index contributed by atoms with van der Waals surface area (Å²) in [7, 11) is 0.